The summed E-state index contributed by atoms with van der Waals surface area (Å²) in [5.41, 5.74) is 0.483. The van der Waals surface area contributed by atoms with Crippen LogP contribution in [0.1, 0.15) is 10.4 Å². The lowest BCUT2D eigenvalue weighted by atomic mass is 10.2. The standard InChI is InChI=1S/C23H21F3N2O5S/c1-28(19-8-4-6-10-21(19)32-2)34(30,31)17-13-11-16(12-14-17)22(29)27-18-7-3-5-9-20(18)33-15-23(24,25)26/h3-14H,15H2,1-2H3,(H,27,29). The average molecular weight is 494 g/mol. The SMILES string of the molecule is COc1ccccc1N(C)S(=O)(=O)c1ccc(C(=O)Nc2ccccc2OCC(F)(F)F)cc1. The highest BCUT2D eigenvalue weighted by Crippen LogP contribution is 2.31. The van der Waals surface area contributed by atoms with Crippen molar-refractivity contribution in [3.05, 3.63) is 78.4 Å². The number of sulfonamides is 1. The lowest BCUT2D eigenvalue weighted by Crippen LogP contribution is -2.27. The minimum absolute atomic E-state index is 0.0457. The minimum Gasteiger partial charge on any atom is -0.495 e. The molecule has 0 saturated heterocycles. The molecule has 11 heteroatoms. The molecular formula is C23H21F3N2O5S. The van der Waals surface area contributed by atoms with E-state index in [1.165, 1.54) is 62.7 Å². The van der Waals surface area contributed by atoms with E-state index in [-0.39, 0.29) is 21.9 Å². The first-order valence-electron chi connectivity index (χ1n) is 9.85. The number of hydrogen-bond donors (Lipinski definition) is 1. The monoisotopic (exact) mass is 494 g/mol. The number of hydrogen-bond acceptors (Lipinski definition) is 5. The van der Waals surface area contributed by atoms with E-state index in [2.05, 4.69) is 5.32 Å². The molecule has 0 unspecified atom stereocenters. The predicted molar refractivity (Wildman–Crippen MR) is 121 cm³/mol. The lowest BCUT2D eigenvalue weighted by Gasteiger charge is -2.21. The molecule has 0 radical (unpaired) electrons. The number of carbonyl (C=O) groups is 1. The molecule has 3 aromatic carbocycles. The Hall–Kier alpha value is -3.73. The molecule has 34 heavy (non-hydrogen) atoms. The number of nitrogens with one attached hydrogen (secondary N) is 1. The number of rotatable bonds is 8. The summed E-state index contributed by atoms with van der Waals surface area (Å²) >= 11 is 0. The maximum Gasteiger partial charge on any atom is 0.422 e. The molecule has 0 atom stereocenters. The highest BCUT2D eigenvalue weighted by atomic mass is 32.2. The molecule has 0 aliphatic heterocycles. The van der Waals surface area contributed by atoms with Gasteiger partial charge in [-0.15, -0.1) is 0 Å². The van der Waals surface area contributed by atoms with E-state index < -0.39 is 28.7 Å². The summed E-state index contributed by atoms with van der Waals surface area (Å²) < 4.78 is 74.5. The number of anilines is 2. The summed E-state index contributed by atoms with van der Waals surface area (Å²) in [5, 5.41) is 2.48. The average Bonchev–Trinajstić information content (AvgIpc) is 2.82. The number of para-hydroxylation sites is 4. The molecule has 1 amide bonds. The zero-order chi connectivity index (χ0) is 24.9. The molecule has 0 heterocycles. The molecule has 0 fully saturated rings. The first-order chi connectivity index (χ1) is 16.0. The summed E-state index contributed by atoms with van der Waals surface area (Å²) in [5.74, 6) is -0.424. The second kappa shape index (κ2) is 10.0. The van der Waals surface area contributed by atoms with Crippen molar-refractivity contribution in [2.75, 3.05) is 30.4 Å². The van der Waals surface area contributed by atoms with E-state index >= 15 is 0 Å². The maximum absolute atomic E-state index is 13.0. The molecule has 3 rings (SSSR count). The van der Waals surface area contributed by atoms with Crippen LogP contribution < -0.4 is 19.1 Å². The van der Waals surface area contributed by atoms with Crippen LogP contribution in [-0.4, -0.2) is 41.3 Å². The second-order valence-corrected chi connectivity index (χ2v) is 8.99. The van der Waals surface area contributed by atoms with Crippen LogP contribution in [0.3, 0.4) is 0 Å². The Labute approximate surface area is 194 Å². The van der Waals surface area contributed by atoms with E-state index in [0.29, 0.717) is 11.4 Å². The predicted octanol–water partition coefficient (Wildman–Crippen LogP) is 4.71. The van der Waals surface area contributed by atoms with Gasteiger partial charge in [0.15, 0.2) is 6.61 Å². The van der Waals surface area contributed by atoms with Gasteiger partial charge in [0.05, 0.1) is 23.4 Å². The first kappa shape index (κ1) is 24.9. The Morgan fingerprint density at radius 1 is 0.941 bits per heavy atom. The van der Waals surface area contributed by atoms with Crippen LogP contribution in [0.4, 0.5) is 24.5 Å². The summed E-state index contributed by atoms with van der Waals surface area (Å²) in [6, 6.07) is 17.4. The Balaban J connectivity index is 1.78. The molecule has 0 saturated carbocycles. The van der Waals surface area contributed by atoms with Gasteiger partial charge in [0.1, 0.15) is 11.5 Å². The summed E-state index contributed by atoms with van der Waals surface area (Å²) in [6.45, 7) is -1.51. The third kappa shape index (κ3) is 5.79. The van der Waals surface area contributed by atoms with Crippen molar-refractivity contribution < 1.29 is 35.9 Å². The van der Waals surface area contributed by atoms with Crippen LogP contribution >= 0.6 is 0 Å². The molecule has 3 aromatic rings. The number of benzene rings is 3. The topological polar surface area (TPSA) is 84.9 Å². The van der Waals surface area contributed by atoms with Crippen molar-refractivity contribution in [3.63, 3.8) is 0 Å². The van der Waals surface area contributed by atoms with E-state index in [4.69, 9.17) is 9.47 Å². The van der Waals surface area contributed by atoms with Gasteiger partial charge in [-0.05, 0) is 48.5 Å². The number of alkyl halides is 3. The minimum atomic E-state index is -4.53. The van der Waals surface area contributed by atoms with E-state index in [0.717, 1.165) is 4.31 Å². The van der Waals surface area contributed by atoms with Gasteiger partial charge >= 0.3 is 6.18 Å². The summed E-state index contributed by atoms with van der Waals surface area (Å²) in [7, 11) is -1.15. The summed E-state index contributed by atoms with van der Waals surface area (Å²) in [4.78, 5) is 12.5. The van der Waals surface area contributed by atoms with Gasteiger partial charge in [-0.3, -0.25) is 9.10 Å². The van der Waals surface area contributed by atoms with E-state index in [1.807, 2.05) is 0 Å². The third-order valence-corrected chi connectivity index (χ3v) is 6.51. The van der Waals surface area contributed by atoms with Gasteiger partial charge in [-0.25, -0.2) is 8.42 Å². The van der Waals surface area contributed by atoms with Crippen LogP contribution in [0.5, 0.6) is 11.5 Å². The first-order valence-corrected chi connectivity index (χ1v) is 11.3. The van der Waals surface area contributed by atoms with E-state index in [9.17, 15) is 26.4 Å². The molecule has 7 nitrogen and oxygen atoms in total. The van der Waals surface area contributed by atoms with Crippen molar-refractivity contribution in [2.24, 2.45) is 0 Å². The summed E-state index contributed by atoms with van der Waals surface area (Å²) in [6.07, 6.45) is -4.53. The Bertz CT molecular complexity index is 1260. The fourth-order valence-electron chi connectivity index (χ4n) is 3.01. The molecule has 180 valence electrons. The van der Waals surface area contributed by atoms with Crippen molar-refractivity contribution >= 4 is 27.3 Å². The van der Waals surface area contributed by atoms with Crippen LogP contribution in [0.2, 0.25) is 0 Å². The number of nitrogens with zero attached hydrogens (tertiary/aromatic N) is 1. The molecule has 0 aliphatic carbocycles. The molecule has 1 N–H and O–H groups in total. The Kier molecular flexibility index (Phi) is 7.35. The van der Waals surface area contributed by atoms with Crippen molar-refractivity contribution in [1.82, 2.24) is 0 Å². The third-order valence-electron chi connectivity index (χ3n) is 4.73. The zero-order valence-electron chi connectivity index (χ0n) is 18.2. The highest BCUT2D eigenvalue weighted by Gasteiger charge is 2.29. The highest BCUT2D eigenvalue weighted by molar-refractivity contribution is 7.92. The number of ether oxygens (including phenoxy) is 2. The van der Waals surface area contributed by atoms with Crippen molar-refractivity contribution in [1.29, 1.82) is 0 Å². The van der Waals surface area contributed by atoms with Gasteiger partial charge in [0, 0.05) is 12.6 Å². The second-order valence-electron chi connectivity index (χ2n) is 7.02. The Morgan fingerprint density at radius 2 is 1.53 bits per heavy atom. The number of halogens is 3. The van der Waals surface area contributed by atoms with Crippen LogP contribution in [-0.2, 0) is 10.0 Å². The van der Waals surface area contributed by atoms with Crippen LogP contribution in [0.25, 0.3) is 0 Å². The number of carbonyl (C=O) groups excluding carboxylic acids is 1. The molecular weight excluding hydrogens is 473 g/mol. The molecule has 0 spiro atoms. The van der Waals surface area contributed by atoms with Crippen LogP contribution in [0.15, 0.2) is 77.7 Å². The van der Waals surface area contributed by atoms with E-state index in [1.54, 1.807) is 24.3 Å². The van der Waals surface area contributed by atoms with Crippen LogP contribution in [0, 0.1) is 0 Å². The molecule has 0 bridgehead atoms. The van der Waals surface area contributed by atoms with Gasteiger partial charge in [0.25, 0.3) is 15.9 Å². The fourth-order valence-corrected chi connectivity index (χ4v) is 4.21. The maximum atomic E-state index is 13.0. The Morgan fingerprint density at radius 3 is 2.15 bits per heavy atom. The zero-order valence-corrected chi connectivity index (χ0v) is 19.0. The number of amides is 1. The van der Waals surface area contributed by atoms with Crippen molar-refractivity contribution in [2.45, 2.75) is 11.1 Å². The fraction of sp³-hybridized carbons (Fsp3) is 0.174. The lowest BCUT2D eigenvalue weighted by molar-refractivity contribution is -0.153. The van der Waals surface area contributed by atoms with Gasteiger partial charge in [-0.2, -0.15) is 13.2 Å². The van der Waals surface area contributed by atoms with Crippen molar-refractivity contribution in [3.8, 4) is 11.5 Å². The normalized spacial score (nSPS) is 11.6. The molecule has 0 aromatic heterocycles. The largest absolute Gasteiger partial charge is 0.495 e. The van der Waals surface area contributed by atoms with Gasteiger partial charge in [0.2, 0.25) is 0 Å². The molecule has 0 aliphatic rings. The van der Waals surface area contributed by atoms with Gasteiger partial charge in [-0.1, -0.05) is 24.3 Å². The number of methoxy groups -OCH3 is 1. The van der Waals surface area contributed by atoms with Gasteiger partial charge < -0.3 is 14.8 Å². The quantitative estimate of drug-likeness (QED) is 0.490. The smallest absolute Gasteiger partial charge is 0.422 e.